The smallest absolute Gasteiger partial charge is 0.235 e. The van der Waals surface area contributed by atoms with Gasteiger partial charge in [0.2, 0.25) is 11.8 Å². The number of hydrogen-bond acceptors (Lipinski definition) is 3. The summed E-state index contributed by atoms with van der Waals surface area (Å²) in [6.07, 6.45) is 5.63. The molecule has 2 rings (SSSR count). The van der Waals surface area contributed by atoms with E-state index in [-0.39, 0.29) is 19.0 Å². The highest BCUT2D eigenvalue weighted by molar-refractivity contribution is 5.83. The molecule has 0 aliphatic carbocycles. The van der Waals surface area contributed by atoms with Crippen molar-refractivity contribution >= 4 is 11.8 Å². The van der Waals surface area contributed by atoms with Crippen molar-refractivity contribution in [2.45, 2.75) is 19.0 Å². The number of rotatable bonds is 4. The maximum atomic E-state index is 11.7. The minimum Gasteiger partial charge on any atom is -0.368 e. The number of amides is 2. The molecule has 1 aromatic carbocycles. The Morgan fingerprint density at radius 1 is 1.40 bits per heavy atom. The average Bonchev–Trinajstić information content (AvgIpc) is 2.44. The Kier molecular flexibility index (Phi) is 4.38. The topological polar surface area (TPSA) is 75.4 Å². The van der Waals surface area contributed by atoms with Gasteiger partial charge in [-0.25, -0.2) is 0 Å². The van der Waals surface area contributed by atoms with Crippen LogP contribution in [0.1, 0.15) is 11.1 Å². The Morgan fingerprint density at radius 2 is 2.10 bits per heavy atom. The third-order valence-corrected chi connectivity index (χ3v) is 3.41. The maximum Gasteiger partial charge on any atom is 0.235 e. The summed E-state index contributed by atoms with van der Waals surface area (Å²) in [7, 11) is 0. The fraction of sp³-hybridized carbons (Fsp3) is 0.333. The highest BCUT2D eigenvalue weighted by Crippen LogP contribution is 2.22. The van der Waals surface area contributed by atoms with Gasteiger partial charge < -0.3 is 11.1 Å². The molecule has 1 unspecified atom stereocenters. The van der Waals surface area contributed by atoms with Crippen molar-refractivity contribution in [3.63, 3.8) is 0 Å². The van der Waals surface area contributed by atoms with Gasteiger partial charge in [-0.1, -0.05) is 30.2 Å². The van der Waals surface area contributed by atoms with Crippen LogP contribution in [-0.2, 0) is 22.6 Å². The number of nitrogens with two attached hydrogens (primary N) is 1. The summed E-state index contributed by atoms with van der Waals surface area (Å²) in [4.78, 5) is 25.1. The Labute approximate surface area is 118 Å². The van der Waals surface area contributed by atoms with Crippen LogP contribution in [0.3, 0.4) is 0 Å². The summed E-state index contributed by atoms with van der Waals surface area (Å²) in [5.41, 5.74) is 7.67. The van der Waals surface area contributed by atoms with E-state index in [9.17, 15) is 9.59 Å². The van der Waals surface area contributed by atoms with E-state index < -0.39 is 11.9 Å². The lowest BCUT2D eigenvalue weighted by molar-refractivity contribution is -0.127. The van der Waals surface area contributed by atoms with Crippen molar-refractivity contribution in [3.05, 3.63) is 35.4 Å². The van der Waals surface area contributed by atoms with Gasteiger partial charge in [0.1, 0.15) is 0 Å². The molecule has 5 heteroatoms. The van der Waals surface area contributed by atoms with Crippen LogP contribution in [0.2, 0.25) is 0 Å². The number of nitrogens with zero attached hydrogens (tertiary/aromatic N) is 1. The van der Waals surface area contributed by atoms with E-state index in [1.54, 1.807) is 4.90 Å². The minimum absolute atomic E-state index is 0.115. The Hall–Kier alpha value is -2.32. The van der Waals surface area contributed by atoms with Crippen molar-refractivity contribution in [2.24, 2.45) is 5.73 Å². The number of benzene rings is 1. The van der Waals surface area contributed by atoms with Crippen molar-refractivity contribution in [1.29, 1.82) is 0 Å². The van der Waals surface area contributed by atoms with Gasteiger partial charge in [0.05, 0.1) is 19.1 Å². The lowest BCUT2D eigenvalue weighted by Crippen LogP contribution is -2.51. The molecule has 1 atom stereocenters. The molecular weight excluding hydrogens is 254 g/mol. The summed E-state index contributed by atoms with van der Waals surface area (Å²) in [5, 5.41) is 2.59. The SMILES string of the molecule is C#CCNC(=O)CN1Cc2ccccc2CC1C(N)=O. The predicted octanol–water partition coefficient (Wildman–Crippen LogP) is -0.352. The lowest BCUT2D eigenvalue weighted by atomic mass is 9.93. The van der Waals surface area contributed by atoms with Gasteiger partial charge in [-0.3, -0.25) is 14.5 Å². The second-order valence-corrected chi connectivity index (χ2v) is 4.78. The predicted molar refractivity (Wildman–Crippen MR) is 75.4 cm³/mol. The Balaban J connectivity index is 2.12. The van der Waals surface area contributed by atoms with E-state index in [0.717, 1.165) is 11.1 Å². The second-order valence-electron chi connectivity index (χ2n) is 4.78. The molecule has 5 nitrogen and oxygen atoms in total. The molecule has 0 spiro atoms. The van der Waals surface area contributed by atoms with E-state index in [1.807, 2.05) is 24.3 Å². The van der Waals surface area contributed by atoms with Crippen LogP contribution in [0, 0.1) is 12.3 Å². The van der Waals surface area contributed by atoms with Gasteiger partial charge in [0.25, 0.3) is 0 Å². The number of primary amides is 1. The molecular formula is C15H17N3O2. The van der Waals surface area contributed by atoms with E-state index in [0.29, 0.717) is 13.0 Å². The summed E-state index contributed by atoms with van der Waals surface area (Å²) in [6, 6.07) is 7.41. The average molecular weight is 271 g/mol. The van der Waals surface area contributed by atoms with Crippen molar-refractivity contribution < 1.29 is 9.59 Å². The maximum absolute atomic E-state index is 11.7. The van der Waals surface area contributed by atoms with Gasteiger partial charge in [-0.2, -0.15) is 0 Å². The first-order chi connectivity index (χ1) is 9.61. The number of carbonyl (C=O) groups excluding carboxylic acids is 2. The number of nitrogens with one attached hydrogen (secondary N) is 1. The first-order valence-electron chi connectivity index (χ1n) is 6.42. The van der Waals surface area contributed by atoms with Gasteiger partial charge in [-0.15, -0.1) is 6.42 Å². The zero-order valence-corrected chi connectivity index (χ0v) is 11.1. The van der Waals surface area contributed by atoms with Crippen LogP contribution in [0.4, 0.5) is 0 Å². The summed E-state index contributed by atoms with van der Waals surface area (Å²) in [6.45, 7) is 0.835. The summed E-state index contributed by atoms with van der Waals surface area (Å²) < 4.78 is 0. The second kappa shape index (κ2) is 6.22. The molecule has 104 valence electrons. The molecule has 1 heterocycles. The first-order valence-corrected chi connectivity index (χ1v) is 6.42. The summed E-state index contributed by atoms with van der Waals surface area (Å²) >= 11 is 0. The highest BCUT2D eigenvalue weighted by atomic mass is 16.2. The molecule has 20 heavy (non-hydrogen) atoms. The standard InChI is InChI=1S/C15H17N3O2/c1-2-7-17-14(19)10-18-9-12-6-4-3-5-11(12)8-13(18)15(16)20/h1,3-6,13H,7-10H2,(H2,16,20)(H,17,19). The molecule has 0 aromatic heterocycles. The highest BCUT2D eigenvalue weighted by Gasteiger charge is 2.30. The van der Waals surface area contributed by atoms with Crippen LogP contribution in [0.15, 0.2) is 24.3 Å². The molecule has 0 saturated carbocycles. The molecule has 2 amide bonds. The fourth-order valence-electron chi connectivity index (χ4n) is 2.41. The molecule has 0 radical (unpaired) electrons. The molecule has 1 aliphatic rings. The molecule has 0 fully saturated rings. The fourth-order valence-corrected chi connectivity index (χ4v) is 2.41. The number of hydrogen-bond donors (Lipinski definition) is 2. The number of fused-ring (bicyclic) bond motifs is 1. The Morgan fingerprint density at radius 3 is 2.75 bits per heavy atom. The van der Waals surface area contributed by atoms with Crippen molar-refractivity contribution in [1.82, 2.24) is 10.2 Å². The third-order valence-electron chi connectivity index (χ3n) is 3.41. The molecule has 0 bridgehead atoms. The quantitative estimate of drug-likeness (QED) is 0.735. The largest absolute Gasteiger partial charge is 0.368 e. The van der Waals surface area contributed by atoms with Crippen molar-refractivity contribution in [3.8, 4) is 12.3 Å². The van der Waals surface area contributed by atoms with E-state index in [2.05, 4.69) is 11.2 Å². The Bertz CT molecular complexity index is 562. The van der Waals surface area contributed by atoms with Crippen LogP contribution in [-0.4, -0.2) is 35.8 Å². The van der Waals surface area contributed by atoms with Crippen LogP contribution < -0.4 is 11.1 Å². The van der Waals surface area contributed by atoms with Crippen LogP contribution in [0.5, 0.6) is 0 Å². The zero-order chi connectivity index (χ0) is 14.5. The first kappa shape index (κ1) is 14.1. The van der Waals surface area contributed by atoms with E-state index >= 15 is 0 Å². The van der Waals surface area contributed by atoms with Crippen LogP contribution >= 0.6 is 0 Å². The van der Waals surface area contributed by atoms with Gasteiger partial charge in [0.15, 0.2) is 0 Å². The normalized spacial score (nSPS) is 17.9. The monoisotopic (exact) mass is 271 g/mol. The third kappa shape index (κ3) is 3.16. The minimum atomic E-state index is -0.457. The van der Waals surface area contributed by atoms with Crippen molar-refractivity contribution in [2.75, 3.05) is 13.1 Å². The molecule has 0 saturated heterocycles. The van der Waals surface area contributed by atoms with E-state index in [1.165, 1.54) is 0 Å². The lowest BCUT2D eigenvalue weighted by Gasteiger charge is -2.34. The van der Waals surface area contributed by atoms with E-state index in [4.69, 9.17) is 12.2 Å². The molecule has 3 N–H and O–H groups in total. The van der Waals surface area contributed by atoms with Gasteiger partial charge in [-0.05, 0) is 17.5 Å². The summed E-state index contributed by atoms with van der Waals surface area (Å²) in [5.74, 6) is 1.73. The molecule has 1 aliphatic heterocycles. The number of carbonyl (C=O) groups is 2. The zero-order valence-electron chi connectivity index (χ0n) is 11.1. The van der Waals surface area contributed by atoms with Crippen LogP contribution in [0.25, 0.3) is 0 Å². The van der Waals surface area contributed by atoms with Gasteiger partial charge in [0, 0.05) is 6.54 Å². The number of terminal acetylenes is 1. The molecule has 1 aromatic rings. The van der Waals surface area contributed by atoms with Gasteiger partial charge >= 0.3 is 0 Å².